The molecule has 1 saturated heterocycles. The topological polar surface area (TPSA) is 85.9 Å². The summed E-state index contributed by atoms with van der Waals surface area (Å²) in [6.45, 7) is 0.573. The number of carbonyl (C=O) groups excluding carboxylic acids is 1. The van der Waals surface area contributed by atoms with Crippen LogP contribution in [0.25, 0.3) is 0 Å². The van der Waals surface area contributed by atoms with Crippen LogP contribution in [0, 0.1) is 0 Å². The van der Waals surface area contributed by atoms with Gasteiger partial charge >= 0.3 is 0 Å². The first-order valence-corrected chi connectivity index (χ1v) is 6.42. The van der Waals surface area contributed by atoms with Crippen LogP contribution in [-0.2, 0) is 11.3 Å². The quantitative estimate of drug-likeness (QED) is 0.453. The lowest BCUT2D eigenvalue weighted by molar-refractivity contribution is -0.704. The molecule has 1 aliphatic heterocycles. The Morgan fingerprint density at radius 3 is 2.60 bits per heavy atom. The summed E-state index contributed by atoms with van der Waals surface area (Å²) >= 11 is 0. The molecule has 0 unspecified atom stereocenters. The first kappa shape index (κ1) is 14.9. The Bertz CT molecular complexity index is 463. The first-order chi connectivity index (χ1) is 9.47. The fourth-order valence-electron chi connectivity index (χ4n) is 2.03. The molecule has 0 saturated carbocycles. The highest BCUT2D eigenvalue weighted by Crippen LogP contribution is 2.14. The highest BCUT2D eigenvalue weighted by atomic mass is 16.5. The molecule has 2 heterocycles. The lowest BCUT2D eigenvalue weighted by Gasteiger charge is -2.12. The molecule has 20 heavy (non-hydrogen) atoms. The van der Waals surface area contributed by atoms with Gasteiger partial charge in [-0.3, -0.25) is 10.2 Å². The van der Waals surface area contributed by atoms with Gasteiger partial charge in [-0.2, -0.15) is 0 Å². The number of aliphatic hydroxyl groups excluding tert-OH is 2. The zero-order valence-corrected chi connectivity index (χ0v) is 11.6. The van der Waals surface area contributed by atoms with Gasteiger partial charge in [-0.15, -0.1) is 0 Å². The number of hydrazine groups is 1. The zero-order valence-electron chi connectivity index (χ0n) is 11.6. The predicted molar refractivity (Wildman–Crippen MR) is 69.5 cm³/mol. The zero-order chi connectivity index (χ0) is 14.7. The van der Waals surface area contributed by atoms with E-state index < -0.39 is 18.3 Å². The smallest absolute Gasteiger partial charge is 0.266 e. The van der Waals surface area contributed by atoms with Gasteiger partial charge < -0.3 is 14.9 Å². The van der Waals surface area contributed by atoms with Crippen molar-refractivity contribution in [3.63, 3.8) is 0 Å². The maximum atomic E-state index is 11.7. The van der Waals surface area contributed by atoms with E-state index in [-0.39, 0.29) is 12.5 Å². The number of aliphatic hydroxyl groups is 2. The summed E-state index contributed by atoms with van der Waals surface area (Å²) in [5.74, 6) is -0.185. The molecule has 3 atom stereocenters. The fraction of sp³-hybridized carbons (Fsp3) is 0.538. The summed E-state index contributed by atoms with van der Waals surface area (Å²) < 4.78 is 7.11. The Balaban J connectivity index is 1.96. The van der Waals surface area contributed by atoms with E-state index in [9.17, 15) is 15.0 Å². The molecule has 0 radical (unpaired) electrons. The Kier molecular flexibility index (Phi) is 4.66. The van der Waals surface area contributed by atoms with Crippen LogP contribution in [-0.4, -0.2) is 60.1 Å². The second-order valence-corrected chi connectivity index (χ2v) is 5.05. The third kappa shape index (κ3) is 3.51. The molecule has 1 aromatic rings. The van der Waals surface area contributed by atoms with Crippen molar-refractivity contribution in [2.45, 2.75) is 24.9 Å². The number of hydrogen-bond donors (Lipinski definition) is 3. The number of amides is 1. The molecule has 0 aliphatic carbocycles. The monoisotopic (exact) mass is 282 g/mol. The molecule has 0 spiro atoms. The SMILES string of the molecule is CN(C)NC(=O)c1cc[n+](C[C@H]2OC[C@H](O)[C@@H]2O)cc1. The van der Waals surface area contributed by atoms with Crippen molar-refractivity contribution in [3.8, 4) is 0 Å². The van der Waals surface area contributed by atoms with E-state index in [0.717, 1.165) is 0 Å². The number of pyridine rings is 1. The second-order valence-electron chi connectivity index (χ2n) is 5.05. The molecular formula is C13H20N3O4+. The van der Waals surface area contributed by atoms with Crippen LogP contribution >= 0.6 is 0 Å². The first-order valence-electron chi connectivity index (χ1n) is 6.42. The Morgan fingerprint density at radius 2 is 2.10 bits per heavy atom. The van der Waals surface area contributed by atoms with E-state index in [1.165, 1.54) is 0 Å². The van der Waals surface area contributed by atoms with E-state index >= 15 is 0 Å². The van der Waals surface area contributed by atoms with E-state index in [2.05, 4.69) is 5.43 Å². The second kappa shape index (κ2) is 6.27. The average Bonchev–Trinajstić information content (AvgIpc) is 2.71. The van der Waals surface area contributed by atoms with Crippen LogP contribution in [0.2, 0.25) is 0 Å². The van der Waals surface area contributed by atoms with Crippen molar-refractivity contribution in [1.29, 1.82) is 0 Å². The largest absolute Gasteiger partial charge is 0.388 e. The number of nitrogens with one attached hydrogen (secondary N) is 1. The van der Waals surface area contributed by atoms with Crippen molar-refractivity contribution >= 4 is 5.91 Å². The maximum Gasteiger partial charge on any atom is 0.266 e. The molecule has 1 fully saturated rings. The summed E-state index contributed by atoms with van der Waals surface area (Å²) in [4.78, 5) is 11.7. The van der Waals surface area contributed by atoms with Crippen molar-refractivity contribution in [2.75, 3.05) is 20.7 Å². The number of nitrogens with zero attached hydrogens (tertiary/aromatic N) is 2. The average molecular weight is 282 g/mol. The molecule has 1 aromatic heterocycles. The Labute approximate surface area is 117 Å². The normalized spacial score (nSPS) is 25.9. The van der Waals surface area contributed by atoms with Crippen LogP contribution < -0.4 is 9.99 Å². The van der Waals surface area contributed by atoms with Crippen molar-refractivity contribution in [1.82, 2.24) is 10.4 Å². The van der Waals surface area contributed by atoms with E-state index in [1.54, 1.807) is 48.2 Å². The lowest BCUT2D eigenvalue weighted by atomic mass is 10.1. The molecule has 7 nitrogen and oxygen atoms in total. The van der Waals surface area contributed by atoms with Gasteiger partial charge in [-0.25, -0.2) is 9.58 Å². The minimum atomic E-state index is -0.876. The summed E-state index contributed by atoms with van der Waals surface area (Å²) in [6, 6.07) is 3.38. The van der Waals surface area contributed by atoms with Crippen LogP contribution in [0.4, 0.5) is 0 Å². The fourth-order valence-corrected chi connectivity index (χ4v) is 2.03. The Morgan fingerprint density at radius 1 is 1.45 bits per heavy atom. The molecule has 2 rings (SSSR count). The highest BCUT2D eigenvalue weighted by Gasteiger charge is 2.36. The molecular weight excluding hydrogens is 262 g/mol. The van der Waals surface area contributed by atoms with Gasteiger partial charge in [0, 0.05) is 26.2 Å². The van der Waals surface area contributed by atoms with Gasteiger partial charge in [0.15, 0.2) is 18.9 Å². The number of hydrogen-bond acceptors (Lipinski definition) is 5. The molecule has 1 amide bonds. The molecule has 1 aliphatic rings. The van der Waals surface area contributed by atoms with Gasteiger partial charge in [0.2, 0.25) is 0 Å². The molecule has 0 aromatic carbocycles. The molecule has 3 N–H and O–H groups in total. The number of ether oxygens (including phenoxy) is 1. The third-order valence-corrected chi connectivity index (χ3v) is 3.13. The van der Waals surface area contributed by atoms with Crippen LogP contribution in [0.3, 0.4) is 0 Å². The van der Waals surface area contributed by atoms with Crippen LogP contribution in [0.15, 0.2) is 24.5 Å². The maximum absolute atomic E-state index is 11.7. The summed E-state index contributed by atoms with van der Waals surface area (Å²) in [7, 11) is 3.48. The van der Waals surface area contributed by atoms with Crippen molar-refractivity contribution in [3.05, 3.63) is 30.1 Å². The molecule has 110 valence electrons. The Hall–Kier alpha value is -1.54. The highest BCUT2D eigenvalue weighted by molar-refractivity contribution is 5.93. The van der Waals surface area contributed by atoms with E-state index in [4.69, 9.17) is 4.74 Å². The van der Waals surface area contributed by atoms with Gasteiger partial charge in [-0.1, -0.05) is 0 Å². The summed E-state index contributed by atoms with van der Waals surface area (Å²) in [6.07, 6.45) is 1.35. The lowest BCUT2D eigenvalue weighted by Crippen LogP contribution is -2.44. The van der Waals surface area contributed by atoms with E-state index in [1.807, 2.05) is 0 Å². The van der Waals surface area contributed by atoms with Crippen LogP contribution in [0.5, 0.6) is 0 Å². The standard InChI is InChI=1S/C13H19N3O4/c1-15(2)14-13(19)9-3-5-16(6-4-9)7-11-12(18)10(17)8-20-11/h3-6,10-12,17-18H,7-8H2,1-2H3/p+1/t10-,11+,12-/m0/s1. The number of aromatic nitrogens is 1. The number of rotatable bonds is 4. The van der Waals surface area contributed by atoms with Gasteiger partial charge in [0.25, 0.3) is 5.91 Å². The van der Waals surface area contributed by atoms with Gasteiger partial charge in [0.05, 0.1) is 12.2 Å². The van der Waals surface area contributed by atoms with Gasteiger partial charge in [0.1, 0.15) is 18.3 Å². The summed E-state index contributed by atoms with van der Waals surface area (Å²) in [5, 5.41) is 20.7. The van der Waals surface area contributed by atoms with Crippen molar-refractivity contribution in [2.24, 2.45) is 0 Å². The molecule has 7 heteroatoms. The predicted octanol–water partition coefficient (Wildman–Crippen LogP) is -1.70. The summed E-state index contributed by atoms with van der Waals surface area (Å²) in [5.41, 5.74) is 3.20. The minimum absolute atomic E-state index is 0.149. The third-order valence-electron chi connectivity index (χ3n) is 3.13. The van der Waals surface area contributed by atoms with Crippen molar-refractivity contribution < 1.29 is 24.3 Å². The number of carbonyl (C=O) groups is 1. The minimum Gasteiger partial charge on any atom is -0.388 e. The molecule has 0 bridgehead atoms. The van der Waals surface area contributed by atoms with E-state index in [0.29, 0.717) is 12.1 Å². The van der Waals surface area contributed by atoms with Crippen LogP contribution in [0.1, 0.15) is 10.4 Å². The van der Waals surface area contributed by atoms with Gasteiger partial charge in [-0.05, 0) is 0 Å².